The van der Waals surface area contributed by atoms with E-state index < -0.39 is 0 Å². The van der Waals surface area contributed by atoms with Crippen molar-refractivity contribution in [2.75, 3.05) is 6.61 Å². The van der Waals surface area contributed by atoms with Gasteiger partial charge in [0.15, 0.2) is 0 Å². The van der Waals surface area contributed by atoms with Gasteiger partial charge in [0.2, 0.25) is 11.7 Å². The molecule has 5 nitrogen and oxygen atoms in total. The fourth-order valence-corrected chi connectivity index (χ4v) is 2.48. The summed E-state index contributed by atoms with van der Waals surface area (Å²) in [5.74, 6) is 1.32. The molecule has 5 heteroatoms. The van der Waals surface area contributed by atoms with Crippen LogP contribution in [0.2, 0.25) is 0 Å². The molecular formula is C13H20N2O3. The van der Waals surface area contributed by atoms with Crippen LogP contribution in [0.3, 0.4) is 0 Å². The monoisotopic (exact) mass is 252 g/mol. The van der Waals surface area contributed by atoms with Crippen LogP contribution in [0.25, 0.3) is 0 Å². The Morgan fingerprint density at radius 3 is 2.78 bits per heavy atom. The van der Waals surface area contributed by atoms with Gasteiger partial charge in [-0.3, -0.25) is 0 Å². The average molecular weight is 252 g/mol. The maximum absolute atomic E-state index is 10.9. The van der Waals surface area contributed by atoms with E-state index in [9.17, 15) is 4.79 Å². The summed E-state index contributed by atoms with van der Waals surface area (Å²) in [5, 5.41) is 4.04. The molecule has 1 aliphatic carbocycles. The van der Waals surface area contributed by atoms with E-state index in [4.69, 9.17) is 9.26 Å². The highest BCUT2D eigenvalue weighted by atomic mass is 16.5. The molecule has 1 fully saturated rings. The van der Waals surface area contributed by atoms with E-state index in [0.717, 1.165) is 25.7 Å². The molecule has 1 heterocycles. The number of aromatic nitrogens is 2. The molecule has 0 amide bonds. The highest BCUT2D eigenvalue weighted by Gasteiger charge is 2.40. The summed E-state index contributed by atoms with van der Waals surface area (Å²) in [4.78, 5) is 15.3. The summed E-state index contributed by atoms with van der Waals surface area (Å²) in [6.07, 6.45) is 5.14. The van der Waals surface area contributed by atoms with Crippen LogP contribution in [-0.2, 0) is 21.6 Å². The van der Waals surface area contributed by atoms with E-state index in [1.54, 1.807) is 6.92 Å². The first-order valence-electron chi connectivity index (χ1n) is 6.63. The quantitative estimate of drug-likeness (QED) is 0.777. The molecule has 0 aliphatic heterocycles. The van der Waals surface area contributed by atoms with Crippen molar-refractivity contribution in [2.24, 2.45) is 0 Å². The van der Waals surface area contributed by atoms with Gasteiger partial charge in [-0.05, 0) is 39.5 Å². The normalized spacial score (nSPS) is 18.1. The summed E-state index contributed by atoms with van der Waals surface area (Å²) in [6.45, 7) is 4.20. The van der Waals surface area contributed by atoms with Gasteiger partial charge in [0, 0.05) is 19.4 Å². The fraction of sp³-hybridized carbons (Fsp3) is 0.769. The van der Waals surface area contributed by atoms with Crippen LogP contribution in [0.1, 0.15) is 57.7 Å². The number of aryl methyl sites for hydroxylation is 1. The smallest absolute Gasteiger partial charge is 0.227 e. The summed E-state index contributed by atoms with van der Waals surface area (Å²) < 4.78 is 11.1. The van der Waals surface area contributed by atoms with Gasteiger partial charge >= 0.3 is 0 Å². The van der Waals surface area contributed by atoms with E-state index in [1.807, 2.05) is 6.92 Å². The number of carbonyl (C=O) groups excluding carboxylic acids is 1. The highest BCUT2D eigenvalue weighted by Crippen LogP contribution is 2.40. The van der Waals surface area contributed by atoms with Gasteiger partial charge in [-0.1, -0.05) is 5.16 Å². The Labute approximate surface area is 107 Å². The minimum atomic E-state index is -0.354. The number of ether oxygens (including phenoxy) is 1. The van der Waals surface area contributed by atoms with Crippen LogP contribution in [0.5, 0.6) is 0 Å². The Morgan fingerprint density at radius 2 is 2.17 bits per heavy atom. The second-order valence-electron chi connectivity index (χ2n) is 4.85. The fourth-order valence-electron chi connectivity index (χ4n) is 2.48. The largest absolute Gasteiger partial charge is 0.367 e. The van der Waals surface area contributed by atoms with Crippen molar-refractivity contribution < 1.29 is 14.1 Å². The van der Waals surface area contributed by atoms with Crippen LogP contribution >= 0.6 is 0 Å². The topological polar surface area (TPSA) is 65.2 Å². The third kappa shape index (κ3) is 2.77. The van der Waals surface area contributed by atoms with Crippen molar-refractivity contribution in [2.45, 2.75) is 58.0 Å². The predicted octanol–water partition coefficient (Wildman–Crippen LogP) is 2.40. The zero-order chi connectivity index (χ0) is 13.0. The Hall–Kier alpha value is -1.23. The first-order valence-corrected chi connectivity index (χ1v) is 6.63. The number of rotatable bonds is 6. The maximum Gasteiger partial charge on any atom is 0.227 e. The van der Waals surface area contributed by atoms with Crippen molar-refractivity contribution in [3.63, 3.8) is 0 Å². The molecule has 1 saturated carbocycles. The Bertz CT molecular complexity index is 408. The molecule has 100 valence electrons. The minimum Gasteiger partial charge on any atom is -0.367 e. The molecule has 1 aromatic rings. The number of hydrogen-bond acceptors (Lipinski definition) is 5. The van der Waals surface area contributed by atoms with Crippen molar-refractivity contribution in [3.05, 3.63) is 11.7 Å². The summed E-state index contributed by atoms with van der Waals surface area (Å²) >= 11 is 0. The zero-order valence-corrected chi connectivity index (χ0v) is 11.1. The van der Waals surface area contributed by atoms with Crippen LogP contribution in [0, 0.1) is 0 Å². The van der Waals surface area contributed by atoms with Gasteiger partial charge in [-0.15, -0.1) is 0 Å². The standard InChI is InChI=1S/C13H20N2O3/c1-3-17-13(8-4-5-9-13)12-14-11(18-15-12)7-6-10(2)16/h3-9H2,1-2H3. The Balaban J connectivity index is 2.09. The van der Waals surface area contributed by atoms with Crippen LogP contribution < -0.4 is 0 Å². The van der Waals surface area contributed by atoms with Crippen molar-refractivity contribution >= 4 is 5.78 Å². The summed E-state index contributed by atoms with van der Waals surface area (Å²) in [6, 6.07) is 0. The van der Waals surface area contributed by atoms with E-state index in [0.29, 0.717) is 31.2 Å². The molecule has 0 radical (unpaired) electrons. The lowest BCUT2D eigenvalue weighted by molar-refractivity contribution is -0.117. The average Bonchev–Trinajstić information content (AvgIpc) is 2.95. The van der Waals surface area contributed by atoms with Gasteiger partial charge in [0.1, 0.15) is 11.4 Å². The first-order chi connectivity index (χ1) is 8.66. The van der Waals surface area contributed by atoms with E-state index in [1.165, 1.54) is 0 Å². The number of carbonyl (C=O) groups is 1. The lowest BCUT2D eigenvalue weighted by Crippen LogP contribution is -2.27. The SMILES string of the molecule is CCOC1(c2noc(CCC(C)=O)n2)CCCC1. The number of hydrogen-bond donors (Lipinski definition) is 0. The van der Waals surface area contributed by atoms with Gasteiger partial charge in [0.05, 0.1) is 0 Å². The molecule has 0 atom stereocenters. The van der Waals surface area contributed by atoms with Gasteiger partial charge < -0.3 is 14.1 Å². The molecule has 2 rings (SSSR count). The van der Waals surface area contributed by atoms with Gasteiger partial charge in [0.25, 0.3) is 0 Å². The molecular weight excluding hydrogens is 232 g/mol. The summed E-state index contributed by atoms with van der Waals surface area (Å²) in [7, 11) is 0. The van der Waals surface area contributed by atoms with E-state index in [-0.39, 0.29) is 11.4 Å². The third-order valence-corrected chi connectivity index (χ3v) is 3.40. The van der Waals surface area contributed by atoms with Crippen molar-refractivity contribution in [1.82, 2.24) is 10.1 Å². The molecule has 0 saturated heterocycles. The highest BCUT2D eigenvalue weighted by molar-refractivity contribution is 5.75. The second-order valence-corrected chi connectivity index (χ2v) is 4.85. The van der Waals surface area contributed by atoms with Crippen molar-refractivity contribution in [3.8, 4) is 0 Å². The number of nitrogens with zero attached hydrogens (tertiary/aromatic N) is 2. The Kier molecular flexibility index (Phi) is 4.11. The molecule has 18 heavy (non-hydrogen) atoms. The lowest BCUT2D eigenvalue weighted by Gasteiger charge is -2.24. The van der Waals surface area contributed by atoms with E-state index >= 15 is 0 Å². The second kappa shape index (κ2) is 5.61. The third-order valence-electron chi connectivity index (χ3n) is 3.40. The number of Topliss-reactive ketones (excluding diaryl/α,β-unsaturated/α-hetero) is 1. The molecule has 0 spiro atoms. The Morgan fingerprint density at radius 1 is 1.44 bits per heavy atom. The minimum absolute atomic E-state index is 0.134. The van der Waals surface area contributed by atoms with Crippen LogP contribution in [0.4, 0.5) is 0 Å². The predicted molar refractivity (Wildman–Crippen MR) is 65.1 cm³/mol. The lowest BCUT2D eigenvalue weighted by atomic mass is 10.0. The van der Waals surface area contributed by atoms with Crippen LogP contribution in [0.15, 0.2) is 4.52 Å². The van der Waals surface area contributed by atoms with Crippen molar-refractivity contribution in [1.29, 1.82) is 0 Å². The van der Waals surface area contributed by atoms with Gasteiger partial charge in [-0.25, -0.2) is 0 Å². The summed E-state index contributed by atoms with van der Waals surface area (Å²) in [5.41, 5.74) is -0.354. The first kappa shape index (κ1) is 13.2. The molecule has 1 aliphatic rings. The van der Waals surface area contributed by atoms with Gasteiger partial charge in [-0.2, -0.15) is 4.98 Å². The zero-order valence-electron chi connectivity index (χ0n) is 11.1. The molecule has 1 aromatic heterocycles. The van der Waals surface area contributed by atoms with Crippen LogP contribution in [-0.4, -0.2) is 22.5 Å². The molecule has 0 unspecified atom stereocenters. The van der Waals surface area contributed by atoms with E-state index in [2.05, 4.69) is 10.1 Å². The molecule has 0 N–H and O–H groups in total. The maximum atomic E-state index is 10.9. The molecule has 0 aromatic carbocycles. The molecule has 0 bridgehead atoms. The number of ketones is 1.